The average molecular weight is 322 g/mol. The molecule has 1 atom stereocenters. The van der Waals surface area contributed by atoms with E-state index in [1.807, 2.05) is 13.0 Å². The van der Waals surface area contributed by atoms with Crippen LogP contribution in [0.15, 0.2) is 23.2 Å². The third-order valence-electron chi connectivity index (χ3n) is 4.22. The van der Waals surface area contributed by atoms with E-state index in [0.717, 1.165) is 49.7 Å². The molecular weight excluding hydrogens is 291 g/mol. The van der Waals surface area contributed by atoms with Gasteiger partial charge >= 0.3 is 0 Å². The van der Waals surface area contributed by atoms with Crippen molar-refractivity contribution in [3.8, 4) is 0 Å². The first-order valence-electron chi connectivity index (χ1n) is 8.45. The number of halogens is 1. The summed E-state index contributed by atoms with van der Waals surface area (Å²) in [6.45, 7) is 12.2. The zero-order valence-electron chi connectivity index (χ0n) is 15.1. The van der Waals surface area contributed by atoms with E-state index < -0.39 is 0 Å². The van der Waals surface area contributed by atoms with Gasteiger partial charge < -0.3 is 10.6 Å². The lowest BCUT2D eigenvalue weighted by Crippen LogP contribution is -2.46. The summed E-state index contributed by atoms with van der Waals surface area (Å²) in [5.41, 5.74) is 2.15. The van der Waals surface area contributed by atoms with Gasteiger partial charge in [0, 0.05) is 26.2 Å². The summed E-state index contributed by atoms with van der Waals surface area (Å²) in [4.78, 5) is 6.66. The van der Waals surface area contributed by atoms with Crippen LogP contribution in [0.25, 0.3) is 0 Å². The molecule has 0 aliphatic carbocycles. The van der Waals surface area contributed by atoms with E-state index in [2.05, 4.69) is 41.3 Å². The molecule has 1 unspecified atom stereocenters. The molecule has 1 aromatic carbocycles. The highest BCUT2D eigenvalue weighted by atomic mass is 19.1. The number of benzene rings is 1. The highest BCUT2D eigenvalue weighted by molar-refractivity contribution is 5.79. The first kappa shape index (κ1) is 19.4. The Balaban J connectivity index is 2.39. The topological polar surface area (TPSA) is 39.7 Å². The largest absolute Gasteiger partial charge is 0.356 e. The summed E-state index contributed by atoms with van der Waals surface area (Å²) in [6, 6.07) is 5.41. The van der Waals surface area contributed by atoms with Gasteiger partial charge in [-0.3, -0.25) is 9.89 Å². The minimum Gasteiger partial charge on any atom is -0.356 e. The van der Waals surface area contributed by atoms with Crippen LogP contribution >= 0.6 is 0 Å². The molecule has 0 aliphatic rings. The Morgan fingerprint density at radius 1 is 1.26 bits per heavy atom. The van der Waals surface area contributed by atoms with Crippen molar-refractivity contribution in [3.05, 3.63) is 35.1 Å². The number of likely N-dealkylation sites (N-methyl/N-ethyl adjacent to an activating group) is 1. The maximum absolute atomic E-state index is 13.1. The van der Waals surface area contributed by atoms with Gasteiger partial charge in [0.2, 0.25) is 0 Å². The fourth-order valence-corrected chi connectivity index (χ4v) is 2.70. The molecule has 0 amide bonds. The molecule has 0 radical (unpaired) electrons. The highest BCUT2D eigenvalue weighted by Crippen LogP contribution is 2.10. The van der Waals surface area contributed by atoms with Crippen LogP contribution in [-0.4, -0.2) is 50.1 Å². The Hall–Kier alpha value is -1.62. The molecule has 0 aromatic heterocycles. The zero-order chi connectivity index (χ0) is 17.2. The lowest BCUT2D eigenvalue weighted by Gasteiger charge is -2.27. The van der Waals surface area contributed by atoms with E-state index in [0.29, 0.717) is 6.04 Å². The molecule has 0 bridgehead atoms. The number of aryl methyl sites for hydroxylation is 1. The fraction of sp³-hybridized carbons (Fsp3) is 0.611. The van der Waals surface area contributed by atoms with Crippen LogP contribution in [0.2, 0.25) is 0 Å². The van der Waals surface area contributed by atoms with Gasteiger partial charge in [-0.25, -0.2) is 4.39 Å². The summed E-state index contributed by atoms with van der Waals surface area (Å²) >= 11 is 0. The van der Waals surface area contributed by atoms with Crippen molar-refractivity contribution in [1.82, 2.24) is 15.5 Å². The van der Waals surface area contributed by atoms with Gasteiger partial charge in [-0.2, -0.15) is 0 Å². The minimum atomic E-state index is -0.179. The molecule has 130 valence electrons. The molecule has 2 N–H and O–H groups in total. The van der Waals surface area contributed by atoms with Gasteiger partial charge in [-0.1, -0.05) is 19.9 Å². The van der Waals surface area contributed by atoms with Crippen LogP contribution in [-0.2, 0) is 6.42 Å². The van der Waals surface area contributed by atoms with E-state index in [1.165, 1.54) is 6.07 Å². The Bertz CT molecular complexity index is 498. The second-order valence-corrected chi connectivity index (χ2v) is 5.77. The van der Waals surface area contributed by atoms with Crippen molar-refractivity contribution in [1.29, 1.82) is 0 Å². The number of hydrogen-bond donors (Lipinski definition) is 2. The SMILES string of the molecule is CCN(CC)C(C)CNC(=NC)NCCc1ccc(F)cc1C. The molecular formula is C18H31FN4. The van der Waals surface area contributed by atoms with Crippen LogP contribution in [0.4, 0.5) is 4.39 Å². The van der Waals surface area contributed by atoms with Gasteiger partial charge in [0.15, 0.2) is 5.96 Å². The van der Waals surface area contributed by atoms with Crippen LogP contribution in [0.5, 0.6) is 0 Å². The summed E-state index contributed by atoms with van der Waals surface area (Å²) in [6.07, 6.45) is 0.846. The van der Waals surface area contributed by atoms with E-state index in [4.69, 9.17) is 0 Å². The molecule has 0 aliphatic heterocycles. The van der Waals surface area contributed by atoms with Gasteiger partial charge in [0.1, 0.15) is 5.82 Å². The van der Waals surface area contributed by atoms with E-state index in [1.54, 1.807) is 13.1 Å². The van der Waals surface area contributed by atoms with E-state index >= 15 is 0 Å². The molecule has 4 nitrogen and oxygen atoms in total. The lowest BCUT2D eigenvalue weighted by molar-refractivity contribution is 0.231. The number of aliphatic imine (C=N–C) groups is 1. The zero-order valence-corrected chi connectivity index (χ0v) is 15.1. The fourth-order valence-electron chi connectivity index (χ4n) is 2.70. The van der Waals surface area contributed by atoms with Gasteiger partial charge in [0.25, 0.3) is 0 Å². The standard InChI is InChI=1S/C18H31FN4/c1-6-23(7-2)15(4)13-22-18(20-5)21-11-10-16-8-9-17(19)12-14(16)3/h8-9,12,15H,6-7,10-11,13H2,1-5H3,(H2,20,21,22). The number of guanidine groups is 1. The smallest absolute Gasteiger partial charge is 0.191 e. The van der Waals surface area contributed by atoms with Crippen molar-refractivity contribution < 1.29 is 4.39 Å². The second-order valence-electron chi connectivity index (χ2n) is 5.77. The maximum Gasteiger partial charge on any atom is 0.191 e. The van der Waals surface area contributed by atoms with Gasteiger partial charge in [-0.05, 0) is 56.6 Å². The summed E-state index contributed by atoms with van der Waals surface area (Å²) in [5.74, 6) is 0.630. The summed E-state index contributed by atoms with van der Waals surface area (Å²) < 4.78 is 13.1. The molecule has 1 aromatic rings. The monoisotopic (exact) mass is 322 g/mol. The highest BCUT2D eigenvalue weighted by Gasteiger charge is 2.10. The molecule has 0 saturated carbocycles. The van der Waals surface area contributed by atoms with Crippen LogP contribution in [0.1, 0.15) is 31.9 Å². The summed E-state index contributed by atoms with van der Waals surface area (Å²) in [5, 5.41) is 6.68. The van der Waals surface area contributed by atoms with Crippen molar-refractivity contribution in [2.45, 2.75) is 40.2 Å². The van der Waals surface area contributed by atoms with Crippen molar-refractivity contribution in [2.75, 3.05) is 33.2 Å². The molecule has 23 heavy (non-hydrogen) atoms. The van der Waals surface area contributed by atoms with Crippen molar-refractivity contribution in [2.24, 2.45) is 4.99 Å². The molecule has 1 rings (SSSR count). The molecule has 5 heteroatoms. The van der Waals surface area contributed by atoms with Gasteiger partial charge in [0.05, 0.1) is 0 Å². The van der Waals surface area contributed by atoms with Crippen LogP contribution in [0, 0.1) is 12.7 Å². The number of rotatable bonds is 8. The van der Waals surface area contributed by atoms with Crippen LogP contribution < -0.4 is 10.6 Å². The predicted molar refractivity (Wildman–Crippen MR) is 96.6 cm³/mol. The minimum absolute atomic E-state index is 0.179. The average Bonchev–Trinajstić information content (AvgIpc) is 2.53. The normalized spacial score (nSPS) is 13.3. The molecule has 0 saturated heterocycles. The Kier molecular flexibility index (Phi) is 8.62. The quantitative estimate of drug-likeness (QED) is 0.571. The first-order chi connectivity index (χ1) is 11.0. The maximum atomic E-state index is 13.1. The lowest BCUT2D eigenvalue weighted by atomic mass is 10.1. The Morgan fingerprint density at radius 3 is 2.52 bits per heavy atom. The van der Waals surface area contributed by atoms with Gasteiger partial charge in [-0.15, -0.1) is 0 Å². The second kappa shape index (κ2) is 10.2. The third-order valence-corrected chi connectivity index (χ3v) is 4.22. The Labute approximate surface area is 140 Å². The molecule has 0 fully saturated rings. The van der Waals surface area contributed by atoms with E-state index in [9.17, 15) is 4.39 Å². The molecule has 0 heterocycles. The number of nitrogens with zero attached hydrogens (tertiary/aromatic N) is 2. The molecule has 0 spiro atoms. The van der Waals surface area contributed by atoms with Crippen molar-refractivity contribution in [3.63, 3.8) is 0 Å². The van der Waals surface area contributed by atoms with Crippen LogP contribution in [0.3, 0.4) is 0 Å². The summed E-state index contributed by atoms with van der Waals surface area (Å²) in [7, 11) is 1.78. The number of nitrogens with one attached hydrogen (secondary N) is 2. The van der Waals surface area contributed by atoms with Crippen molar-refractivity contribution >= 4 is 5.96 Å². The Morgan fingerprint density at radius 2 is 1.96 bits per heavy atom. The third kappa shape index (κ3) is 6.57. The predicted octanol–water partition coefficient (Wildman–Crippen LogP) is 2.57. The first-order valence-corrected chi connectivity index (χ1v) is 8.45. The van der Waals surface area contributed by atoms with E-state index in [-0.39, 0.29) is 5.82 Å². The number of hydrogen-bond acceptors (Lipinski definition) is 2.